The van der Waals surface area contributed by atoms with Crippen molar-refractivity contribution in [3.63, 3.8) is 0 Å². The van der Waals surface area contributed by atoms with Crippen molar-refractivity contribution in [1.29, 1.82) is 0 Å². The van der Waals surface area contributed by atoms with Crippen LogP contribution >= 0.6 is 15.9 Å². The standard InChI is InChI=1S/C18H23BrN2/c1-5-20-14(3)15-8-11-18(17(19)12-15)21(4)16-9-6-13(2)7-10-16/h6-12,14,20H,5H2,1-4H3. The van der Waals surface area contributed by atoms with Crippen LogP contribution in [0.15, 0.2) is 46.9 Å². The molecule has 0 heterocycles. The molecular formula is C18H23BrN2. The molecule has 0 bridgehead atoms. The second-order valence-electron chi connectivity index (χ2n) is 5.38. The van der Waals surface area contributed by atoms with Crippen molar-refractivity contribution in [2.45, 2.75) is 26.8 Å². The van der Waals surface area contributed by atoms with E-state index < -0.39 is 0 Å². The predicted molar refractivity (Wildman–Crippen MR) is 95.5 cm³/mol. The number of nitrogens with one attached hydrogen (secondary N) is 1. The molecule has 0 aliphatic carbocycles. The lowest BCUT2D eigenvalue weighted by Gasteiger charge is -2.22. The number of nitrogens with zero attached hydrogens (tertiary/aromatic N) is 1. The number of hydrogen-bond donors (Lipinski definition) is 1. The Morgan fingerprint density at radius 3 is 2.38 bits per heavy atom. The Balaban J connectivity index is 2.26. The van der Waals surface area contributed by atoms with E-state index in [1.165, 1.54) is 22.5 Å². The van der Waals surface area contributed by atoms with E-state index in [4.69, 9.17) is 0 Å². The van der Waals surface area contributed by atoms with Gasteiger partial charge in [-0.2, -0.15) is 0 Å². The van der Waals surface area contributed by atoms with E-state index in [9.17, 15) is 0 Å². The highest BCUT2D eigenvalue weighted by Crippen LogP contribution is 2.33. The third-order valence-electron chi connectivity index (χ3n) is 3.76. The van der Waals surface area contributed by atoms with E-state index in [2.05, 4.69) is 96.4 Å². The minimum atomic E-state index is 0.366. The lowest BCUT2D eigenvalue weighted by atomic mass is 10.1. The van der Waals surface area contributed by atoms with Crippen LogP contribution in [0.25, 0.3) is 0 Å². The summed E-state index contributed by atoms with van der Waals surface area (Å²) in [6, 6.07) is 15.5. The number of hydrogen-bond acceptors (Lipinski definition) is 2. The molecule has 0 radical (unpaired) electrons. The Morgan fingerprint density at radius 2 is 1.81 bits per heavy atom. The number of halogens is 1. The molecule has 0 saturated heterocycles. The van der Waals surface area contributed by atoms with Crippen LogP contribution < -0.4 is 10.2 Å². The molecule has 2 rings (SSSR count). The second-order valence-corrected chi connectivity index (χ2v) is 6.24. The molecule has 2 aromatic rings. The average molecular weight is 347 g/mol. The third kappa shape index (κ3) is 3.86. The first-order valence-electron chi connectivity index (χ1n) is 7.36. The fourth-order valence-electron chi connectivity index (χ4n) is 2.40. The van der Waals surface area contributed by atoms with E-state index in [-0.39, 0.29) is 0 Å². The van der Waals surface area contributed by atoms with Gasteiger partial charge in [0.1, 0.15) is 0 Å². The molecule has 0 saturated carbocycles. The Hall–Kier alpha value is -1.32. The molecule has 0 fully saturated rings. The first-order chi connectivity index (χ1) is 10.0. The highest BCUT2D eigenvalue weighted by Gasteiger charge is 2.11. The van der Waals surface area contributed by atoms with Crippen molar-refractivity contribution < 1.29 is 0 Å². The maximum Gasteiger partial charge on any atom is 0.0552 e. The zero-order valence-corrected chi connectivity index (χ0v) is 14.7. The van der Waals surface area contributed by atoms with Crippen LogP contribution in [0, 0.1) is 6.92 Å². The monoisotopic (exact) mass is 346 g/mol. The van der Waals surface area contributed by atoms with E-state index in [1.807, 2.05) is 0 Å². The summed E-state index contributed by atoms with van der Waals surface area (Å²) in [6.07, 6.45) is 0. The largest absolute Gasteiger partial charge is 0.344 e. The molecule has 0 aliphatic heterocycles. The van der Waals surface area contributed by atoms with Crippen molar-refractivity contribution in [2.75, 3.05) is 18.5 Å². The zero-order chi connectivity index (χ0) is 15.4. The molecule has 2 aromatic carbocycles. The molecule has 21 heavy (non-hydrogen) atoms. The fourth-order valence-corrected chi connectivity index (χ4v) is 3.06. The zero-order valence-electron chi connectivity index (χ0n) is 13.2. The molecule has 1 unspecified atom stereocenters. The summed E-state index contributed by atoms with van der Waals surface area (Å²) in [7, 11) is 2.10. The van der Waals surface area contributed by atoms with Gasteiger partial charge in [0, 0.05) is 23.2 Å². The highest BCUT2D eigenvalue weighted by molar-refractivity contribution is 9.10. The van der Waals surface area contributed by atoms with Crippen LogP contribution in [-0.2, 0) is 0 Å². The lowest BCUT2D eigenvalue weighted by Crippen LogP contribution is -2.18. The maximum absolute atomic E-state index is 3.71. The Labute approximate surface area is 136 Å². The van der Waals surface area contributed by atoms with Gasteiger partial charge in [-0.1, -0.05) is 30.7 Å². The van der Waals surface area contributed by atoms with Crippen molar-refractivity contribution in [2.24, 2.45) is 0 Å². The maximum atomic E-state index is 3.71. The van der Waals surface area contributed by atoms with Crippen molar-refractivity contribution >= 4 is 27.3 Å². The lowest BCUT2D eigenvalue weighted by molar-refractivity contribution is 0.598. The summed E-state index contributed by atoms with van der Waals surface area (Å²) < 4.78 is 1.12. The molecule has 112 valence electrons. The van der Waals surface area contributed by atoms with Crippen molar-refractivity contribution in [1.82, 2.24) is 5.32 Å². The van der Waals surface area contributed by atoms with Crippen LogP contribution in [0.1, 0.15) is 31.0 Å². The van der Waals surface area contributed by atoms with E-state index in [0.29, 0.717) is 6.04 Å². The van der Waals surface area contributed by atoms with E-state index in [1.54, 1.807) is 0 Å². The molecule has 0 amide bonds. The molecule has 3 heteroatoms. The summed E-state index contributed by atoms with van der Waals surface area (Å²) in [5.41, 5.74) is 4.94. The normalized spacial score (nSPS) is 12.2. The van der Waals surface area contributed by atoms with Crippen LogP contribution in [0.2, 0.25) is 0 Å². The van der Waals surface area contributed by atoms with Gasteiger partial charge in [0.2, 0.25) is 0 Å². The van der Waals surface area contributed by atoms with Gasteiger partial charge in [-0.3, -0.25) is 0 Å². The van der Waals surface area contributed by atoms with E-state index in [0.717, 1.165) is 11.0 Å². The average Bonchev–Trinajstić information content (AvgIpc) is 2.47. The summed E-state index contributed by atoms with van der Waals surface area (Å²) in [5, 5.41) is 3.44. The molecule has 0 spiro atoms. The Bertz CT molecular complexity index is 593. The van der Waals surface area contributed by atoms with Crippen LogP contribution in [-0.4, -0.2) is 13.6 Å². The number of rotatable bonds is 5. The summed E-state index contributed by atoms with van der Waals surface area (Å²) in [5.74, 6) is 0. The second kappa shape index (κ2) is 7.10. The highest BCUT2D eigenvalue weighted by atomic mass is 79.9. The van der Waals surface area contributed by atoms with E-state index >= 15 is 0 Å². The number of benzene rings is 2. The molecule has 1 N–H and O–H groups in total. The molecule has 0 aliphatic rings. The number of aryl methyl sites for hydroxylation is 1. The molecule has 0 aromatic heterocycles. The quantitative estimate of drug-likeness (QED) is 0.800. The Morgan fingerprint density at radius 1 is 1.14 bits per heavy atom. The van der Waals surface area contributed by atoms with Crippen LogP contribution in [0.4, 0.5) is 11.4 Å². The Kier molecular flexibility index (Phi) is 5.43. The first kappa shape index (κ1) is 16.1. The van der Waals surface area contributed by atoms with Gasteiger partial charge >= 0.3 is 0 Å². The van der Waals surface area contributed by atoms with Gasteiger partial charge in [-0.15, -0.1) is 0 Å². The first-order valence-corrected chi connectivity index (χ1v) is 8.15. The predicted octanol–water partition coefficient (Wildman–Crippen LogP) is 5.20. The van der Waals surface area contributed by atoms with Crippen molar-refractivity contribution in [3.8, 4) is 0 Å². The smallest absolute Gasteiger partial charge is 0.0552 e. The fraction of sp³-hybridized carbons (Fsp3) is 0.333. The van der Waals surface area contributed by atoms with Crippen molar-refractivity contribution in [3.05, 3.63) is 58.1 Å². The minimum Gasteiger partial charge on any atom is -0.344 e. The summed E-state index contributed by atoms with van der Waals surface area (Å²) in [4.78, 5) is 2.20. The van der Waals surface area contributed by atoms with Gasteiger partial charge in [0.15, 0.2) is 0 Å². The molecule has 2 nitrogen and oxygen atoms in total. The summed E-state index contributed by atoms with van der Waals surface area (Å²) in [6.45, 7) is 7.40. The number of anilines is 2. The van der Waals surface area contributed by atoms with Gasteiger partial charge < -0.3 is 10.2 Å². The van der Waals surface area contributed by atoms with Gasteiger partial charge in [0.05, 0.1) is 5.69 Å². The van der Waals surface area contributed by atoms with Crippen LogP contribution in [0.5, 0.6) is 0 Å². The summed E-state index contributed by atoms with van der Waals surface area (Å²) >= 11 is 3.71. The third-order valence-corrected chi connectivity index (χ3v) is 4.40. The molecule has 1 atom stereocenters. The topological polar surface area (TPSA) is 15.3 Å². The SMILES string of the molecule is CCNC(C)c1ccc(N(C)c2ccc(C)cc2)c(Br)c1. The van der Waals surface area contributed by atoms with Gasteiger partial charge in [0.25, 0.3) is 0 Å². The van der Waals surface area contributed by atoms with Gasteiger partial charge in [-0.05, 0) is 66.2 Å². The minimum absolute atomic E-state index is 0.366. The molecular weight excluding hydrogens is 324 g/mol. The van der Waals surface area contributed by atoms with Crippen LogP contribution in [0.3, 0.4) is 0 Å². The van der Waals surface area contributed by atoms with Gasteiger partial charge in [-0.25, -0.2) is 0 Å².